The maximum atomic E-state index is 7.75. The maximum Gasteiger partial charge on any atom is 0.0737 e. The minimum absolute atomic E-state index is 0. The quantitative estimate of drug-likeness (QED) is 0.462. The van der Waals surface area contributed by atoms with Crippen LogP contribution in [0.25, 0.3) is 10.9 Å². The van der Waals surface area contributed by atoms with Crippen LogP contribution in [0.15, 0.2) is 30.5 Å². The summed E-state index contributed by atoms with van der Waals surface area (Å²) in [6.45, 7) is 10.8. The Labute approximate surface area is 171 Å². The topological polar surface area (TPSA) is 76.1 Å². The molecule has 2 aromatic rings. The van der Waals surface area contributed by atoms with Gasteiger partial charge in [-0.15, -0.1) is 0 Å². The van der Waals surface area contributed by atoms with Crippen LogP contribution in [0.1, 0.15) is 25.7 Å². The van der Waals surface area contributed by atoms with Crippen molar-refractivity contribution in [1.29, 1.82) is 0 Å². The summed E-state index contributed by atoms with van der Waals surface area (Å²) < 4.78 is 0. The largest absolute Gasteiger partial charge is 0.545 e. The van der Waals surface area contributed by atoms with E-state index in [1.54, 1.807) is 0 Å². The molecule has 0 spiro atoms. The molecule has 1 radical (unpaired) electrons. The number of hydrogen-bond donors (Lipinski definition) is 1. The molecular weight excluding hydrogens is 395 g/mol. The van der Waals surface area contributed by atoms with Gasteiger partial charge in [0.1, 0.15) is 0 Å². The number of carbonyl (C=O) groups excluding carboxylic acids is 3. The number of anilines is 1. The van der Waals surface area contributed by atoms with Crippen molar-refractivity contribution in [3.05, 3.63) is 42.9 Å². The molecule has 0 aliphatic heterocycles. The molecule has 0 saturated heterocycles. The summed E-state index contributed by atoms with van der Waals surface area (Å²) in [5.74, 6) is 0.834. The van der Waals surface area contributed by atoms with Gasteiger partial charge in [0.15, 0.2) is 0 Å². The van der Waals surface area contributed by atoms with Crippen LogP contribution < -0.4 is 5.32 Å². The Kier molecular flexibility index (Phi) is 20.2. The Balaban J connectivity index is -0.000000604. The van der Waals surface area contributed by atoms with Crippen LogP contribution in [-0.2, 0) is 31.5 Å². The Bertz CT molecular complexity index is 606. The van der Waals surface area contributed by atoms with Crippen LogP contribution in [-0.4, -0.2) is 31.9 Å². The predicted molar refractivity (Wildman–Crippen MR) is 104 cm³/mol. The van der Waals surface area contributed by atoms with Gasteiger partial charge in [-0.05, 0) is 43.0 Å². The number of fused-ring (bicyclic) bond motifs is 1. The summed E-state index contributed by atoms with van der Waals surface area (Å²) >= 11 is 5.99. The van der Waals surface area contributed by atoms with E-state index in [4.69, 9.17) is 26.0 Å². The summed E-state index contributed by atoms with van der Waals surface area (Å²) in [7, 11) is 0. The van der Waals surface area contributed by atoms with Crippen molar-refractivity contribution in [1.82, 2.24) is 4.98 Å². The van der Waals surface area contributed by atoms with Crippen molar-refractivity contribution in [2.75, 3.05) is 11.9 Å². The third kappa shape index (κ3) is 9.09. The molecule has 0 bridgehead atoms. The van der Waals surface area contributed by atoms with Crippen LogP contribution >= 0.6 is 11.6 Å². The molecular formula is C19H23ClMnN2O3-4. The SMILES string of the molecule is Clc1ccc2c(NCC3CCCC3)ccnc2c1.[CH-]=O.[CH-]=O.[CH-]=O.[CH3-].[Mn]. The second-order valence-corrected chi connectivity index (χ2v) is 5.49. The van der Waals surface area contributed by atoms with Gasteiger partial charge < -0.3 is 27.1 Å². The van der Waals surface area contributed by atoms with E-state index in [-0.39, 0.29) is 24.5 Å². The first-order valence-electron chi connectivity index (χ1n) is 7.32. The monoisotopic (exact) mass is 417 g/mol. The van der Waals surface area contributed by atoms with Gasteiger partial charge in [0, 0.05) is 45.9 Å². The molecule has 1 aromatic heterocycles. The number of nitrogens with zero attached hydrogens (tertiary/aromatic N) is 1. The molecule has 1 aromatic carbocycles. The fourth-order valence-electron chi connectivity index (χ4n) is 2.74. The maximum absolute atomic E-state index is 7.75. The van der Waals surface area contributed by atoms with E-state index in [1.807, 2.05) is 30.5 Å². The Morgan fingerprint density at radius 2 is 1.62 bits per heavy atom. The van der Waals surface area contributed by atoms with E-state index in [0.29, 0.717) is 0 Å². The van der Waals surface area contributed by atoms with E-state index in [2.05, 4.69) is 30.7 Å². The van der Waals surface area contributed by atoms with Crippen molar-refractivity contribution in [2.24, 2.45) is 5.92 Å². The second kappa shape index (κ2) is 18.1. The van der Waals surface area contributed by atoms with Gasteiger partial charge in [-0.25, -0.2) is 0 Å². The van der Waals surface area contributed by atoms with E-state index in [9.17, 15) is 0 Å². The molecule has 1 aliphatic carbocycles. The first-order valence-corrected chi connectivity index (χ1v) is 7.69. The molecule has 145 valence electrons. The Hall–Kier alpha value is -1.75. The van der Waals surface area contributed by atoms with Crippen LogP contribution in [0.4, 0.5) is 5.69 Å². The number of rotatable bonds is 3. The normalized spacial score (nSPS) is 11.7. The molecule has 3 rings (SSSR count). The smallest absolute Gasteiger partial charge is 0.0737 e. The number of aromatic nitrogens is 1. The number of halogens is 1. The molecule has 5 nitrogen and oxygen atoms in total. The standard InChI is InChI=1S/C15H17ClN2.3CHO.CH3.Mn/c16-12-5-6-13-14(7-8-17-15(13)9-12)18-10-11-3-1-2-4-11;3*1-2;;/h5-9,11H,1-4,10H2,(H,17,18);3*1H;1H3;/q;4*-1;. The zero-order valence-corrected chi connectivity index (χ0v) is 16.6. The number of nitrogens with one attached hydrogen (secondary N) is 1. The summed E-state index contributed by atoms with van der Waals surface area (Å²) in [6.07, 6.45) is 7.34. The van der Waals surface area contributed by atoms with Crippen LogP contribution in [0.5, 0.6) is 0 Å². The zero-order chi connectivity index (χ0) is 18.4. The number of benzene rings is 1. The first-order chi connectivity index (χ1) is 11.8. The van der Waals surface area contributed by atoms with Crippen LogP contribution in [0.2, 0.25) is 5.02 Å². The van der Waals surface area contributed by atoms with E-state index < -0.39 is 0 Å². The molecule has 0 unspecified atom stereocenters. The van der Waals surface area contributed by atoms with E-state index in [1.165, 1.54) is 31.4 Å². The van der Waals surface area contributed by atoms with Gasteiger partial charge in [0.05, 0.1) is 5.52 Å². The predicted octanol–water partition coefficient (Wildman–Crippen LogP) is 4.12. The summed E-state index contributed by atoms with van der Waals surface area (Å²) in [5.41, 5.74) is 2.13. The third-order valence-corrected chi connectivity index (χ3v) is 4.00. The van der Waals surface area contributed by atoms with Crippen molar-refractivity contribution in [3.63, 3.8) is 0 Å². The van der Waals surface area contributed by atoms with Crippen LogP contribution in [0, 0.1) is 13.3 Å². The average molecular weight is 418 g/mol. The molecule has 26 heavy (non-hydrogen) atoms. The molecule has 1 saturated carbocycles. The molecule has 1 heterocycles. The van der Waals surface area contributed by atoms with E-state index in [0.717, 1.165) is 28.4 Å². The first kappa shape index (κ1) is 29.0. The Morgan fingerprint density at radius 1 is 1.04 bits per heavy atom. The fraction of sp³-hybridized carbons (Fsp3) is 0.316. The minimum Gasteiger partial charge on any atom is -0.545 e. The van der Waals surface area contributed by atoms with Gasteiger partial charge >= 0.3 is 0 Å². The second-order valence-electron chi connectivity index (χ2n) is 5.05. The van der Waals surface area contributed by atoms with Gasteiger partial charge in [-0.2, -0.15) is 0 Å². The Morgan fingerprint density at radius 3 is 2.19 bits per heavy atom. The van der Waals surface area contributed by atoms with Gasteiger partial charge in [-0.3, -0.25) is 25.4 Å². The zero-order valence-electron chi connectivity index (χ0n) is 14.7. The molecule has 1 aliphatic rings. The third-order valence-electron chi connectivity index (χ3n) is 3.76. The number of hydrogen-bond acceptors (Lipinski definition) is 5. The van der Waals surface area contributed by atoms with Crippen molar-refractivity contribution in [2.45, 2.75) is 25.7 Å². The minimum atomic E-state index is 0. The summed E-state index contributed by atoms with van der Waals surface area (Å²) in [5, 5.41) is 5.46. The van der Waals surface area contributed by atoms with Crippen molar-refractivity contribution in [3.8, 4) is 0 Å². The van der Waals surface area contributed by atoms with Gasteiger partial charge in [0.25, 0.3) is 0 Å². The van der Waals surface area contributed by atoms with Gasteiger partial charge in [-0.1, -0.05) is 24.4 Å². The summed E-state index contributed by atoms with van der Waals surface area (Å²) in [6, 6.07) is 7.93. The number of pyridine rings is 1. The summed E-state index contributed by atoms with van der Waals surface area (Å²) in [4.78, 5) is 27.6. The molecule has 1 fully saturated rings. The van der Waals surface area contributed by atoms with Crippen molar-refractivity contribution >= 4 is 48.6 Å². The molecule has 7 heteroatoms. The van der Waals surface area contributed by atoms with Gasteiger partial charge in [0.2, 0.25) is 0 Å². The fourth-order valence-corrected chi connectivity index (χ4v) is 2.91. The molecule has 0 atom stereocenters. The van der Waals surface area contributed by atoms with Crippen LogP contribution in [0.3, 0.4) is 0 Å². The molecule has 1 N–H and O–H groups in total. The molecule has 0 amide bonds. The average Bonchev–Trinajstić information content (AvgIpc) is 3.18. The van der Waals surface area contributed by atoms with E-state index >= 15 is 0 Å². The van der Waals surface area contributed by atoms with Crippen molar-refractivity contribution < 1.29 is 31.5 Å².